The zero-order valence-corrected chi connectivity index (χ0v) is 9.44. The van der Waals surface area contributed by atoms with E-state index in [0.717, 1.165) is 6.07 Å². The minimum absolute atomic E-state index is 0.385. The molecule has 1 heterocycles. The SMILES string of the molecule is CNCCC(O)C(O)c1cc(F)ncc1C. The number of pyridine rings is 1. The van der Waals surface area contributed by atoms with E-state index in [-0.39, 0.29) is 0 Å². The Morgan fingerprint density at radius 3 is 2.81 bits per heavy atom. The van der Waals surface area contributed by atoms with E-state index in [0.29, 0.717) is 24.1 Å². The van der Waals surface area contributed by atoms with Crippen LogP contribution in [0.3, 0.4) is 0 Å². The summed E-state index contributed by atoms with van der Waals surface area (Å²) < 4.78 is 12.9. The molecular weight excluding hydrogens is 211 g/mol. The standard InChI is InChI=1S/C11H17FN2O2/c1-7-6-14-10(12)5-8(7)11(16)9(15)3-4-13-2/h5-6,9,11,13,15-16H,3-4H2,1-2H3. The molecule has 0 radical (unpaired) electrons. The Morgan fingerprint density at radius 2 is 2.19 bits per heavy atom. The lowest BCUT2D eigenvalue weighted by atomic mass is 9.99. The summed E-state index contributed by atoms with van der Waals surface area (Å²) in [6.45, 7) is 2.31. The number of aliphatic hydroxyl groups excluding tert-OH is 2. The normalized spacial score (nSPS) is 14.8. The van der Waals surface area contributed by atoms with E-state index in [9.17, 15) is 14.6 Å². The van der Waals surface area contributed by atoms with E-state index in [4.69, 9.17) is 0 Å². The van der Waals surface area contributed by atoms with Crippen LogP contribution in [-0.4, -0.2) is 34.9 Å². The summed E-state index contributed by atoms with van der Waals surface area (Å²) in [7, 11) is 1.76. The van der Waals surface area contributed by atoms with Crippen molar-refractivity contribution in [3.8, 4) is 0 Å². The number of aromatic nitrogens is 1. The van der Waals surface area contributed by atoms with Crippen LogP contribution < -0.4 is 5.32 Å². The topological polar surface area (TPSA) is 65.4 Å². The molecule has 0 spiro atoms. The maximum atomic E-state index is 12.9. The minimum Gasteiger partial charge on any atom is -0.390 e. The van der Waals surface area contributed by atoms with Crippen molar-refractivity contribution in [2.24, 2.45) is 0 Å². The minimum atomic E-state index is -1.08. The molecule has 0 aliphatic heterocycles. The first-order valence-corrected chi connectivity index (χ1v) is 5.19. The summed E-state index contributed by atoms with van der Waals surface area (Å²) in [6.07, 6.45) is -0.237. The summed E-state index contributed by atoms with van der Waals surface area (Å²) >= 11 is 0. The van der Waals surface area contributed by atoms with Crippen molar-refractivity contribution in [3.05, 3.63) is 29.3 Å². The van der Waals surface area contributed by atoms with Gasteiger partial charge in [0.1, 0.15) is 6.10 Å². The lowest BCUT2D eigenvalue weighted by Gasteiger charge is -2.19. The smallest absolute Gasteiger partial charge is 0.213 e. The first-order chi connectivity index (χ1) is 7.56. The van der Waals surface area contributed by atoms with Gasteiger partial charge in [0.2, 0.25) is 5.95 Å². The van der Waals surface area contributed by atoms with Gasteiger partial charge >= 0.3 is 0 Å². The Kier molecular flexibility index (Phi) is 4.79. The number of hydrogen-bond donors (Lipinski definition) is 3. The number of nitrogens with zero attached hydrogens (tertiary/aromatic N) is 1. The summed E-state index contributed by atoms with van der Waals surface area (Å²) in [5.41, 5.74) is 1.05. The van der Waals surface area contributed by atoms with Gasteiger partial charge in [-0.3, -0.25) is 0 Å². The molecule has 5 heteroatoms. The van der Waals surface area contributed by atoms with Crippen LogP contribution in [0.15, 0.2) is 12.3 Å². The number of nitrogens with one attached hydrogen (secondary N) is 1. The maximum absolute atomic E-state index is 12.9. The van der Waals surface area contributed by atoms with E-state index in [1.807, 2.05) is 0 Å². The van der Waals surface area contributed by atoms with E-state index in [1.165, 1.54) is 6.20 Å². The van der Waals surface area contributed by atoms with Crippen LogP contribution in [0.1, 0.15) is 23.7 Å². The average Bonchev–Trinajstić information content (AvgIpc) is 2.28. The third-order valence-electron chi connectivity index (χ3n) is 2.48. The van der Waals surface area contributed by atoms with Crippen molar-refractivity contribution in [3.63, 3.8) is 0 Å². The predicted octanol–water partition coefficient (Wildman–Crippen LogP) is 0.533. The molecule has 0 fully saturated rings. The molecule has 0 aliphatic carbocycles. The molecule has 0 bridgehead atoms. The molecule has 2 atom stereocenters. The highest BCUT2D eigenvalue weighted by molar-refractivity contribution is 5.25. The molecule has 3 N–H and O–H groups in total. The second-order valence-corrected chi connectivity index (χ2v) is 3.77. The molecule has 4 nitrogen and oxygen atoms in total. The maximum Gasteiger partial charge on any atom is 0.213 e. The lowest BCUT2D eigenvalue weighted by molar-refractivity contribution is 0.0134. The first kappa shape index (κ1) is 13.0. The van der Waals surface area contributed by atoms with Gasteiger partial charge in [0, 0.05) is 6.20 Å². The summed E-state index contributed by atoms with van der Waals surface area (Å²) in [4.78, 5) is 3.47. The Bertz CT molecular complexity index is 347. The Balaban J connectivity index is 2.78. The van der Waals surface area contributed by atoms with Gasteiger partial charge in [-0.05, 0) is 44.1 Å². The number of aliphatic hydroxyl groups is 2. The van der Waals surface area contributed by atoms with Gasteiger partial charge in [-0.2, -0.15) is 4.39 Å². The van der Waals surface area contributed by atoms with Crippen molar-refractivity contribution in [2.45, 2.75) is 25.6 Å². The van der Waals surface area contributed by atoms with E-state index in [2.05, 4.69) is 10.3 Å². The molecule has 0 saturated carbocycles. The fourth-order valence-electron chi connectivity index (χ4n) is 1.49. The second-order valence-electron chi connectivity index (χ2n) is 3.77. The molecule has 0 saturated heterocycles. The van der Waals surface area contributed by atoms with Gasteiger partial charge < -0.3 is 15.5 Å². The highest BCUT2D eigenvalue weighted by atomic mass is 19.1. The van der Waals surface area contributed by atoms with Crippen LogP contribution in [0.5, 0.6) is 0 Å². The van der Waals surface area contributed by atoms with E-state index >= 15 is 0 Å². The fraction of sp³-hybridized carbons (Fsp3) is 0.545. The number of aryl methyl sites for hydroxylation is 1. The monoisotopic (exact) mass is 228 g/mol. The van der Waals surface area contributed by atoms with Crippen molar-refractivity contribution < 1.29 is 14.6 Å². The molecule has 90 valence electrons. The van der Waals surface area contributed by atoms with Crippen molar-refractivity contribution in [2.75, 3.05) is 13.6 Å². The molecule has 1 rings (SSSR count). The second kappa shape index (κ2) is 5.89. The number of hydrogen-bond acceptors (Lipinski definition) is 4. The van der Waals surface area contributed by atoms with Crippen molar-refractivity contribution in [1.82, 2.24) is 10.3 Å². The van der Waals surface area contributed by atoms with Gasteiger partial charge in [0.05, 0.1) is 6.10 Å². The molecule has 0 aromatic carbocycles. The largest absolute Gasteiger partial charge is 0.390 e. The Labute approximate surface area is 94.1 Å². The third kappa shape index (κ3) is 3.23. The molecule has 2 unspecified atom stereocenters. The van der Waals surface area contributed by atoms with Gasteiger partial charge in [0.25, 0.3) is 0 Å². The summed E-state index contributed by atoms with van der Waals surface area (Å²) in [5, 5.41) is 22.4. The van der Waals surface area contributed by atoms with Crippen molar-refractivity contribution in [1.29, 1.82) is 0 Å². The van der Waals surface area contributed by atoms with Gasteiger partial charge in [0.15, 0.2) is 0 Å². The molecule has 16 heavy (non-hydrogen) atoms. The first-order valence-electron chi connectivity index (χ1n) is 5.19. The van der Waals surface area contributed by atoms with Gasteiger partial charge in [-0.25, -0.2) is 4.98 Å². The molecule has 1 aromatic rings. The van der Waals surface area contributed by atoms with Crippen LogP contribution in [-0.2, 0) is 0 Å². The molecule has 1 aromatic heterocycles. The fourth-order valence-corrected chi connectivity index (χ4v) is 1.49. The van der Waals surface area contributed by atoms with E-state index < -0.39 is 18.2 Å². The van der Waals surface area contributed by atoms with Gasteiger partial charge in [-0.15, -0.1) is 0 Å². The predicted molar refractivity (Wildman–Crippen MR) is 58.4 cm³/mol. The lowest BCUT2D eigenvalue weighted by Crippen LogP contribution is -2.24. The molecule has 0 amide bonds. The number of halogens is 1. The van der Waals surface area contributed by atoms with Crippen molar-refractivity contribution >= 4 is 0 Å². The zero-order chi connectivity index (χ0) is 12.1. The zero-order valence-electron chi connectivity index (χ0n) is 9.44. The van der Waals surface area contributed by atoms with Crippen LogP contribution in [0.2, 0.25) is 0 Å². The van der Waals surface area contributed by atoms with E-state index in [1.54, 1.807) is 14.0 Å². The van der Waals surface area contributed by atoms with Gasteiger partial charge in [-0.1, -0.05) is 0 Å². The number of rotatable bonds is 5. The highest BCUT2D eigenvalue weighted by Crippen LogP contribution is 2.22. The highest BCUT2D eigenvalue weighted by Gasteiger charge is 2.20. The van der Waals surface area contributed by atoms with Crippen LogP contribution in [0.4, 0.5) is 4.39 Å². The summed E-state index contributed by atoms with van der Waals surface area (Å²) in [6, 6.07) is 1.16. The quantitative estimate of drug-likeness (QED) is 0.643. The Hall–Kier alpha value is -1.04. The van der Waals surface area contributed by atoms with Crippen LogP contribution in [0, 0.1) is 12.9 Å². The third-order valence-corrected chi connectivity index (χ3v) is 2.48. The summed E-state index contributed by atoms with van der Waals surface area (Å²) in [5.74, 6) is -0.652. The van der Waals surface area contributed by atoms with Crippen LogP contribution >= 0.6 is 0 Å². The Morgan fingerprint density at radius 1 is 1.50 bits per heavy atom. The van der Waals surface area contributed by atoms with Crippen LogP contribution in [0.25, 0.3) is 0 Å². The molecule has 0 aliphatic rings. The molecular formula is C11H17FN2O2. The average molecular weight is 228 g/mol.